The maximum absolute atomic E-state index is 14.8. The lowest BCUT2D eigenvalue weighted by Crippen LogP contribution is -2.25. The number of benzene rings is 2. The van der Waals surface area contributed by atoms with E-state index in [0.29, 0.717) is 15.9 Å². The van der Waals surface area contributed by atoms with Crippen LogP contribution in [0.15, 0.2) is 70.3 Å². The average molecular weight is 554 g/mol. The van der Waals surface area contributed by atoms with Crippen LogP contribution in [-0.2, 0) is 0 Å². The molecule has 1 amide bonds. The van der Waals surface area contributed by atoms with Crippen LogP contribution in [0.4, 0.5) is 14.5 Å². The Hall–Kier alpha value is -4.52. The van der Waals surface area contributed by atoms with E-state index in [4.69, 9.17) is 4.74 Å². The number of aryl methyl sites for hydroxylation is 1. The van der Waals surface area contributed by atoms with Gasteiger partial charge in [0.25, 0.3) is 11.8 Å². The minimum Gasteiger partial charge on any atom is -0.433 e. The lowest BCUT2D eigenvalue weighted by atomic mass is 10.2. The van der Waals surface area contributed by atoms with Gasteiger partial charge in [-0.15, -0.1) is 10.2 Å². The molecule has 1 N–H and O–H groups in total. The summed E-state index contributed by atoms with van der Waals surface area (Å²) in [6, 6.07) is 9.00. The summed E-state index contributed by atoms with van der Waals surface area (Å²) in [4.78, 5) is 29.0. The van der Waals surface area contributed by atoms with Crippen molar-refractivity contribution in [1.29, 1.82) is 0 Å². The summed E-state index contributed by atoms with van der Waals surface area (Å²) in [6.07, 6.45) is 4.34. The van der Waals surface area contributed by atoms with Crippen LogP contribution in [0, 0.1) is 18.6 Å². The van der Waals surface area contributed by atoms with Crippen molar-refractivity contribution in [2.75, 3.05) is 5.32 Å². The first-order valence-corrected chi connectivity index (χ1v) is 11.1. The van der Waals surface area contributed by atoms with Crippen molar-refractivity contribution in [2.24, 2.45) is 0 Å². The third-order valence-corrected chi connectivity index (χ3v) is 5.53. The summed E-state index contributed by atoms with van der Waals surface area (Å²) in [5.74, 6) is -1.83. The van der Waals surface area contributed by atoms with Crippen molar-refractivity contribution in [3.05, 3.63) is 98.9 Å². The number of hydrogen-bond acceptors (Lipinski definition) is 7. The highest BCUT2D eigenvalue weighted by Crippen LogP contribution is 2.28. The average Bonchev–Trinajstić information content (AvgIpc) is 3.23. The first-order valence-electron chi connectivity index (χ1n) is 10.3. The molecular weight excluding hydrogens is 540 g/mol. The predicted octanol–water partition coefficient (Wildman–Crippen LogP) is 4.06. The van der Waals surface area contributed by atoms with E-state index in [1.807, 2.05) is 0 Å². The number of nitrogens with one attached hydrogen (secondary N) is 1. The standard InChI is InChI=1S/C23H14BrF2N7O3/c1-12-29-30-21-23(27-7-9-32(12)21)36-19-5-3-14(11-16(19)26)28-22(35)20-18(34)6-8-33(31-20)17-4-2-13(24)10-15(17)25/h2-11H,1H3,(H,28,35). The van der Waals surface area contributed by atoms with Crippen molar-refractivity contribution in [3.63, 3.8) is 0 Å². The number of fused-ring (bicyclic) bond motifs is 1. The SMILES string of the molecule is Cc1nnc2c(Oc3ccc(NC(=O)c4nn(-c5ccc(Br)cc5F)ccc4=O)cc3F)nccn12. The quantitative estimate of drug-likeness (QED) is 0.348. The van der Waals surface area contributed by atoms with Gasteiger partial charge in [0.1, 0.15) is 17.3 Å². The van der Waals surface area contributed by atoms with E-state index in [1.54, 1.807) is 23.6 Å². The van der Waals surface area contributed by atoms with Crippen LogP contribution >= 0.6 is 15.9 Å². The van der Waals surface area contributed by atoms with Gasteiger partial charge in [0.05, 0.1) is 0 Å². The molecular formula is C23H14BrF2N7O3. The van der Waals surface area contributed by atoms with Crippen LogP contribution in [-0.4, -0.2) is 35.3 Å². The molecule has 0 atom stereocenters. The third-order valence-electron chi connectivity index (χ3n) is 5.04. The second kappa shape index (κ2) is 9.26. The Morgan fingerprint density at radius 1 is 1.06 bits per heavy atom. The number of hydrogen-bond donors (Lipinski definition) is 1. The maximum atomic E-state index is 14.8. The van der Waals surface area contributed by atoms with Gasteiger partial charge in [-0.05, 0) is 37.3 Å². The van der Waals surface area contributed by atoms with E-state index >= 15 is 0 Å². The Labute approximate surface area is 209 Å². The normalized spacial score (nSPS) is 11.0. The van der Waals surface area contributed by atoms with E-state index in [0.717, 1.165) is 16.8 Å². The summed E-state index contributed by atoms with van der Waals surface area (Å²) >= 11 is 3.16. The zero-order valence-electron chi connectivity index (χ0n) is 18.3. The molecule has 2 aromatic carbocycles. The first kappa shape index (κ1) is 23.2. The molecule has 180 valence electrons. The molecule has 10 nitrogen and oxygen atoms in total. The molecule has 13 heteroatoms. The number of nitrogens with zero attached hydrogens (tertiary/aromatic N) is 6. The van der Waals surface area contributed by atoms with Crippen molar-refractivity contribution in [2.45, 2.75) is 6.92 Å². The number of carbonyl (C=O) groups is 1. The number of anilines is 1. The molecule has 3 heterocycles. The van der Waals surface area contributed by atoms with Crippen LogP contribution in [0.5, 0.6) is 11.6 Å². The fourth-order valence-corrected chi connectivity index (χ4v) is 3.65. The Bertz CT molecular complexity index is 1700. The molecule has 0 aliphatic heterocycles. The number of amides is 1. The van der Waals surface area contributed by atoms with Crippen molar-refractivity contribution < 1.29 is 18.3 Å². The number of rotatable bonds is 5. The van der Waals surface area contributed by atoms with E-state index in [9.17, 15) is 18.4 Å². The minimum atomic E-state index is -0.898. The Morgan fingerprint density at radius 3 is 2.67 bits per heavy atom. The van der Waals surface area contributed by atoms with E-state index < -0.39 is 28.7 Å². The fourth-order valence-electron chi connectivity index (χ4n) is 3.31. The van der Waals surface area contributed by atoms with E-state index in [1.165, 1.54) is 36.7 Å². The number of ether oxygens (including phenoxy) is 1. The maximum Gasteiger partial charge on any atom is 0.280 e. The van der Waals surface area contributed by atoms with Gasteiger partial charge in [-0.1, -0.05) is 15.9 Å². The number of carbonyl (C=O) groups excluding carboxylic acids is 1. The Kier molecular flexibility index (Phi) is 5.98. The Morgan fingerprint density at radius 2 is 1.89 bits per heavy atom. The fraction of sp³-hybridized carbons (Fsp3) is 0.0435. The molecule has 36 heavy (non-hydrogen) atoms. The summed E-state index contributed by atoms with van der Waals surface area (Å²) in [7, 11) is 0. The summed E-state index contributed by atoms with van der Waals surface area (Å²) in [6.45, 7) is 1.74. The van der Waals surface area contributed by atoms with Gasteiger partial charge < -0.3 is 10.1 Å². The van der Waals surface area contributed by atoms with E-state index in [-0.39, 0.29) is 23.0 Å². The third kappa shape index (κ3) is 4.43. The monoisotopic (exact) mass is 553 g/mol. The molecule has 0 saturated heterocycles. The molecule has 0 saturated carbocycles. The lowest BCUT2D eigenvalue weighted by molar-refractivity contribution is 0.101. The largest absolute Gasteiger partial charge is 0.433 e. The van der Waals surface area contributed by atoms with Crippen LogP contribution in [0.3, 0.4) is 0 Å². The van der Waals surface area contributed by atoms with Gasteiger partial charge in [0.15, 0.2) is 17.3 Å². The number of halogens is 3. The zero-order valence-corrected chi connectivity index (χ0v) is 19.9. The summed E-state index contributed by atoms with van der Waals surface area (Å²) in [5.41, 5.74) is -0.810. The van der Waals surface area contributed by atoms with E-state index in [2.05, 4.69) is 41.5 Å². The molecule has 3 aromatic heterocycles. The minimum absolute atomic E-state index is 0.0336. The van der Waals surface area contributed by atoms with Gasteiger partial charge >= 0.3 is 0 Å². The van der Waals surface area contributed by atoms with Crippen LogP contribution in [0.2, 0.25) is 0 Å². The molecule has 0 bridgehead atoms. The molecule has 0 radical (unpaired) electrons. The molecule has 0 aliphatic carbocycles. The van der Waals surface area contributed by atoms with Gasteiger partial charge in [-0.3, -0.25) is 14.0 Å². The highest BCUT2D eigenvalue weighted by Gasteiger charge is 2.17. The van der Waals surface area contributed by atoms with Crippen molar-refractivity contribution >= 4 is 33.2 Å². The van der Waals surface area contributed by atoms with Gasteiger partial charge in [0, 0.05) is 40.9 Å². The van der Waals surface area contributed by atoms with Crippen LogP contribution in [0.1, 0.15) is 16.3 Å². The molecule has 5 aromatic rings. The Balaban J connectivity index is 1.38. The van der Waals surface area contributed by atoms with Gasteiger partial charge in [0.2, 0.25) is 11.1 Å². The van der Waals surface area contributed by atoms with Gasteiger partial charge in [-0.25, -0.2) is 18.4 Å². The zero-order chi connectivity index (χ0) is 25.4. The van der Waals surface area contributed by atoms with Crippen LogP contribution in [0.25, 0.3) is 11.3 Å². The molecule has 0 unspecified atom stereocenters. The van der Waals surface area contributed by atoms with Crippen molar-refractivity contribution in [3.8, 4) is 17.3 Å². The molecule has 5 rings (SSSR count). The topological polar surface area (TPSA) is 116 Å². The summed E-state index contributed by atoms with van der Waals surface area (Å²) < 4.78 is 37.8. The van der Waals surface area contributed by atoms with Crippen LogP contribution < -0.4 is 15.5 Å². The molecule has 0 spiro atoms. The highest BCUT2D eigenvalue weighted by molar-refractivity contribution is 9.10. The highest BCUT2D eigenvalue weighted by atomic mass is 79.9. The van der Waals surface area contributed by atoms with Gasteiger partial charge in [-0.2, -0.15) is 5.10 Å². The lowest BCUT2D eigenvalue weighted by Gasteiger charge is -2.10. The van der Waals surface area contributed by atoms with Crippen molar-refractivity contribution in [1.82, 2.24) is 29.4 Å². The second-order valence-corrected chi connectivity index (χ2v) is 8.36. The first-order chi connectivity index (χ1) is 17.3. The predicted molar refractivity (Wildman–Crippen MR) is 127 cm³/mol. The number of aromatic nitrogens is 6. The smallest absolute Gasteiger partial charge is 0.280 e. The second-order valence-electron chi connectivity index (χ2n) is 7.44. The molecule has 0 fully saturated rings. The molecule has 0 aliphatic rings. The summed E-state index contributed by atoms with van der Waals surface area (Å²) in [5, 5.41) is 14.3.